The topological polar surface area (TPSA) is 58.6 Å². The van der Waals surface area contributed by atoms with E-state index in [0.717, 1.165) is 17.5 Å². The Labute approximate surface area is 190 Å². The van der Waals surface area contributed by atoms with Crippen molar-refractivity contribution in [2.75, 3.05) is 25.0 Å². The predicted octanol–water partition coefficient (Wildman–Crippen LogP) is 5.24. The Morgan fingerprint density at radius 1 is 1.13 bits per heavy atom. The van der Waals surface area contributed by atoms with Crippen molar-refractivity contribution >= 4 is 39.8 Å². The van der Waals surface area contributed by atoms with Gasteiger partial charge in [-0.25, -0.2) is 4.79 Å². The summed E-state index contributed by atoms with van der Waals surface area (Å²) in [5.41, 5.74) is 4.58. The van der Waals surface area contributed by atoms with Crippen molar-refractivity contribution in [2.45, 2.75) is 19.9 Å². The fraction of sp³-hybridized carbons (Fsp3) is 0.250. The monoisotopic (exact) mass is 454 g/mol. The van der Waals surface area contributed by atoms with E-state index in [1.807, 2.05) is 34.5 Å². The summed E-state index contributed by atoms with van der Waals surface area (Å²) < 4.78 is 5.28. The Bertz CT molecular complexity index is 1090. The number of rotatable bonds is 6. The molecule has 1 amide bonds. The van der Waals surface area contributed by atoms with E-state index < -0.39 is 5.97 Å². The Kier molecular flexibility index (Phi) is 6.59. The fourth-order valence-corrected chi connectivity index (χ4v) is 4.79. The van der Waals surface area contributed by atoms with E-state index in [-0.39, 0.29) is 19.1 Å². The fourth-order valence-electron chi connectivity index (χ4n) is 3.71. The van der Waals surface area contributed by atoms with Gasteiger partial charge in [0, 0.05) is 29.1 Å². The van der Waals surface area contributed by atoms with Crippen LogP contribution in [-0.4, -0.2) is 36.5 Å². The number of halogens is 1. The first-order valence-electron chi connectivity index (χ1n) is 10.2. The number of nitrogens with one attached hydrogen (secondary N) is 1. The lowest BCUT2D eigenvalue weighted by Gasteiger charge is -2.29. The minimum absolute atomic E-state index is 0.00533. The number of nitrogens with zero attached hydrogens (tertiary/aromatic N) is 1. The molecule has 1 aliphatic heterocycles. The summed E-state index contributed by atoms with van der Waals surface area (Å²) in [6.45, 7) is 3.48. The zero-order valence-electron chi connectivity index (χ0n) is 17.2. The summed E-state index contributed by atoms with van der Waals surface area (Å²) in [6.07, 6.45) is 0.857. The third kappa shape index (κ3) is 4.75. The molecule has 0 fully saturated rings. The van der Waals surface area contributed by atoms with Gasteiger partial charge in [-0.3, -0.25) is 4.79 Å². The predicted molar refractivity (Wildman–Crippen MR) is 125 cm³/mol. The first-order chi connectivity index (χ1) is 15.1. The van der Waals surface area contributed by atoms with Gasteiger partial charge in [-0.15, -0.1) is 11.3 Å². The molecule has 7 heteroatoms. The largest absolute Gasteiger partial charge is 0.462 e. The Morgan fingerprint density at radius 2 is 1.87 bits per heavy atom. The standard InChI is InChI=1S/C24H23ClN2O3S/c1-2-30-24(29)22-20(17-7-9-19(25)10-8-17)15-31-23(22)26-13-21(28)27-12-11-16-5-3-4-6-18(16)14-27/h3-10,15,26H,2,11-14H2,1H3. The molecule has 1 N–H and O–H groups in total. The van der Waals surface area contributed by atoms with Crippen LogP contribution in [0.25, 0.3) is 11.1 Å². The van der Waals surface area contributed by atoms with Gasteiger partial charge in [0.15, 0.2) is 0 Å². The molecule has 0 radical (unpaired) electrons. The maximum atomic E-state index is 12.8. The number of amides is 1. The van der Waals surface area contributed by atoms with Crippen LogP contribution in [0.1, 0.15) is 28.4 Å². The van der Waals surface area contributed by atoms with Crippen LogP contribution in [0.15, 0.2) is 53.9 Å². The SMILES string of the molecule is CCOC(=O)c1c(-c2ccc(Cl)cc2)csc1NCC(=O)N1CCc2ccccc2C1. The van der Waals surface area contributed by atoms with Gasteiger partial charge in [0.25, 0.3) is 0 Å². The van der Waals surface area contributed by atoms with Gasteiger partial charge in [0.1, 0.15) is 10.6 Å². The van der Waals surface area contributed by atoms with E-state index in [2.05, 4.69) is 17.4 Å². The zero-order valence-corrected chi connectivity index (χ0v) is 18.8. The Hall–Kier alpha value is -2.83. The summed E-state index contributed by atoms with van der Waals surface area (Å²) >= 11 is 7.39. The second-order valence-corrected chi connectivity index (χ2v) is 8.58. The maximum absolute atomic E-state index is 12.8. The highest BCUT2D eigenvalue weighted by molar-refractivity contribution is 7.15. The van der Waals surface area contributed by atoms with Gasteiger partial charge in [-0.1, -0.05) is 48.0 Å². The third-order valence-electron chi connectivity index (χ3n) is 5.31. The van der Waals surface area contributed by atoms with Gasteiger partial charge in [0.2, 0.25) is 5.91 Å². The molecule has 2 heterocycles. The molecule has 0 saturated heterocycles. The highest BCUT2D eigenvalue weighted by Crippen LogP contribution is 2.36. The van der Waals surface area contributed by atoms with Crippen LogP contribution in [-0.2, 0) is 22.5 Å². The normalized spacial score (nSPS) is 12.9. The minimum Gasteiger partial charge on any atom is -0.462 e. The molecule has 0 atom stereocenters. The molecule has 0 bridgehead atoms. The van der Waals surface area contributed by atoms with Crippen LogP contribution in [0.5, 0.6) is 0 Å². The second kappa shape index (κ2) is 9.54. The van der Waals surface area contributed by atoms with Gasteiger partial charge in [0.05, 0.1) is 13.2 Å². The summed E-state index contributed by atoms with van der Waals surface area (Å²) in [4.78, 5) is 27.4. The van der Waals surface area contributed by atoms with Crippen LogP contribution in [0.2, 0.25) is 5.02 Å². The Morgan fingerprint density at radius 3 is 2.61 bits per heavy atom. The molecular formula is C24H23ClN2O3S. The van der Waals surface area contributed by atoms with Gasteiger partial charge in [-0.2, -0.15) is 0 Å². The summed E-state index contributed by atoms with van der Waals surface area (Å²) in [6, 6.07) is 15.5. The molecule has 0 aliphatic carbocycles. The van der Waals surface area contributed by atoms with Crippen molar-refractivity contribution < 1.29 is 14.3 Å². The third-order valence-corrected chi connectivity index (χ3v) is 6.50. The van der Waals surface area contributed by atoms with Crippen molar-refractivity contribution in [1.82, 2.24) is 4.90 Å². The molecule has 0 unspecified atom stereocenters. The second-order valence-electron chi connectivity index (χ2n) is 7.27. The van der Waals surface area contributed by atoms with E-state index in [4.69, 9.17) is 16.3 Å². The molecule has 5 nitrogen and oxygen atoms in total. The number of carbonyl (C=O) groups is 2. The molecule has 0 saturated carbocycles. The number of thiophene rings is 1. The molecule has 2 aromatic carbocycles. The van der Waals surface area contributed by atoms with E-state index in [1.54, 1.807) is 19.1 Å². The van der Waals surface area contributed by atoms with Crippen LogP contribution in [0.3, 0.4) is 0 Å². The van der Waals surface area contributed by atoms with Crippen molar-refractivity contribution in [3.8, 4) is 11.1 Å². The lowest BCUT2D eigenvalue weighted by molar-refractivity contribution is -0.130. The smallest absolute Gasteiger partial charge is 0.341 e. The molecular weight excluding hydrogens is 432 g/mol. The first kappa shape index (κ1) is 21.4. The van der Waals surface area contributed by atoms with Crippen LogP contribution in [0, 0.1) is 0 Å². The number of hydrogen-bond acceptors (Lipinski definition) is 5. The van der Waals surface area contributed by atoms with Crippen LogP contribution >= 0.6 is 22.9 Å². The summed E-state index contributed by atoms with van der Waals surface area (Å²) in [5, 5.41) is 6.34. The minimum atomic E-state index is -0.407. The van der Waals surface area contributed by atoms with E-state index >= 15 is 0 Å². The molecule has 4 rings (SSSR count). The molecule has 31 heavy (non-hydrogen) atoms. The highest BCUT2D eigenvalue weighted by atomic mass is 35.5. The van der Waals surface area contributed by atoms with Crippen LogP contribution in [0.4, 0.5) is 5.00 Å². The molecule has 160 valence electrons. The lowest BCUT2D eigenvalue weighted by atomic mass is 10.00. The summed E-state index contributed by atoms with van der Waals surface area (Å²) in [5.74, 6) is -0.402. The molecule has 3 aromatic rings. The number of carbonyl (C=O) groups excluding carboxylic acids is 2. The van der Waals surface area contributed by atoms with Crippen molar-refractivity contribution in [3.63, 3.8) is 0 Å². The summed E-state index contributed by atoms with van der Waals surface area (Å²) in [7, 11) is 0. The molecule has 1 aliphatic rings. The average molecular weight is 455 g/mol. The quantitative estimate of drug-likeness (QED) is 0.517. The van der Waals surface area contributed by atoms with Crippen molar-refractivity contribution in [3.05, 3.63) is 75.6 Å². The van der Waals surface area contributed by atoms with Crippen molar-refractivity contribution in [2.24, 2.45) is 0 Å². The van der Waals surface area contributed by atoms with Gasteiger partial charge < -0.3 is 15.0 Å². The highest BCUT2D eigenvalue weighted by Gasteiger charge is 2.24. The number of hydrogen-bond donors (Lipinski definition) is 1. The van der Waals surface area contributed by atoms with E-state index in [9.17, 15) is 9.59 Å². The van der Waals surface area contributed by atoms with Crippen LogP contribution < -0.4 is 5.32 Å². The zero-order chi connectivity index (χ0) is 21.8. The number of fused-ring (bicyclic) bond motifs is 1. The first-order valence-corrected chi connectivity index (χ1v) is 11.5. The number of benzene rings is 2. The number of esters is 1. The van der Waals surface area contributed by atoms with E-state index in [0.29, 0.717) is 28.7 Å². The number of ether oxygens (including phenoxy) is 1. The Balaban J connectivity index is 1.51. The molecule has 1 aromatic heterocycles. The average Bonchev–Trinajstić information content (AvgIpc) is 3.22. The van der Waals surface area contributed by atoms with Gasteiger partial charge >= 0.3 is 5.97 Å². The maximum Gasteiger partial charge on any atom is 0.341 e. The van der Waals surface area contributed by atoms with Crippen molar-refractivity contribution in [1.29, 1.82) is 0 Å². The number of anilines is 1. The van der Waals surface area contributed by atoms with Gasteiger partial charge in [-0.05, 0) is 42.2 Å². The molecule has 0 spiro atoms. The lowest BCUT2D eigenvalue weighted by Crippen LogP contribution is -2.39. The van der Waals surface area contributed by atoms with E-state index in [1.165, 1.54) is 22.5 Å².